The summed E-state index contributed by atoms with van der Waals surface area (Å²) in [6.07, 6.45) is 6.73. The molecule has 1 saturated heterocycles. The van der Waals surface area contributed by atoms with Crippen LogP contribution in [0.5, 0.6) is 0 Å². The summed E-state index contributed by atoms with van der Waals surface area (Å²) in [5, 5.41) is 2.76. The lowest BCUT2D eigenvalue weighted by molar-refractivity contribution is -0.119. The minimum atomic E-state index is -3.68. The Morgan fingerprint density at radius 1 is 1.06 bits per heavy atom. The third kappa shape index (κ3) is 5.17. The molecule has 32 heavy (non-hydrogen) atoms. The van der Waals surface area contributed by atoms with Crippen molar-refractivity contribution in [2.75, 3.05) is 25.0 Å². The predicted molar refractivity (Wildman–Crippen MR) is 124 cm³/mol. The number of benzene rings is 1. The second kappa shape index (κ2) is 9.91. The molecule has 1 amide bonds. The number of nitrogens with zero attached hydrogens (tertiary/aromatic N) is 1. The third-order valence-corrected chi connectivity index (χ3v) is 9.14. The van der Waals surface area contributed by atoms with E-state index < -0.39 is 28.5 Å². The van der Waals surface area contributed by atoms with Crippen molar-refractivity contribution in [2.45, 2.75) is 49.8 Å². The first-order chi connectivity index (χ1) is 15.3. The molecular weight excluding hydrogens is 472 g/mol. The van der Waals surface area contributed by atoms with E-state index in [9.17, 15) is 18.0 Å². The molecule has 2 aliphatic rings. The summed E-state index contributed by atoms with van der Waals surface area (Å²) in [4.78, 5) is 26.4. The summed E-state index contributed by atoms with van der Waals surface area (Å²) in [5.41, 5.74) is 1.35. The molecule has 2 aromatic rings. The maximum absolute atomic E-state index is 13.0. The first-order valence-corrected chi connectivity index (χ1v) is 13.4. The highest BCUT2D eigenvalue weighted by atomic mass is 35.5. The van der Waals surface area contributed by atoms with E-state index >= 15 is 0 Å². The van der Waals surface area contributed by atoms with E-state index in [-0.39, 0.29) is 15.6 Å². The molecule has 0 unspecified atom stereocenters. The lowest BCUT2D eigenvalue weighted by atomic mass is 10.2. The van der Waals surface area contributed by atoms with Crippen LogP contribution in [0.3, 0.4) is 0 Å². The van der Waals surface area contributed by atoms with Crippen LogP contribution in [0.25, 0.3) is 0 Å². The van der Waals surface area contributed by atoms with Gasteiger partial charge in [-0.05, 0) is 61.9 Å². The number of aryl methyl sites for hydroxylation is 2. The fourth-order valence-electron chi connectivity index (χ4n) is 4.01. The zero-order valence-corrected chi connectivity index (χ0v) is 20.0. The molecule has 7 nitrogen and oxygen atoms in total. The summed E-state index contributed by atoms with van der Waals surface area (Å²) in [7, 11) is -3.68. The van der Waals surface area contributed by atoms with Crippen molar-refractivity contribution in [3.05, 3.63) is 44.6 Å². The van der Waals surface area contributed by atoms with Crippen molar-refractivity contribution in [3.63, 3.8) is 0 Å². The molecule has 172 valence electrons. The molecule has 4 rings (SSSR count). The van der Waals surface area contributed by atoms with Gasteiger partial charge in [-0.2, -0.15) is 4.31 Å². The van der Waals surface area contributed by atoms with Gasteiger partial charge in [0, 0.05) is 18.0 Å². The number of anilines is 1. The Kier molecular flexibility index (Phi) is 7.19. The largest absolute Gasteiger partial charge is 0.451 e. The molecule has 1 aromatic heterocycles. The molecule has 0 bridgehead atoms. The molecular formula is C22H25ClN2O5S2. The zero-order chi connectivity index (χ0) is 22.7. The smallest absolute Gasteiger partial charge is 0.348 e. The van der Waals surface area contributed by atoms with Crippen LogP contribution in [0.15, 0.2) is 29.2 Å². The Labute approximate surface area is 196 Å². The number of ether oxygens (including phenoxy) is 1. The van der Waals surface area contributed by atoms with E-state index in [1.165, 1.54) is 44.3 Å². The number of esters is 1. The summed E-state index contributed by atoms with van der Waals surface area (Å²) in [5.74, 6) is -1.13. The fraction of sp³-hybridized carbons (Fsp3) is 0.455. The van der Waals surface area contributed by atoms with Gasteiger partial charge in [-0.3, -0.25) is 4.79 Å². The van der Waals surface area contributed by atoms with E-state index in [1.54, 1.807) is 0 Å². The minimum absolute atomic E-state index is 0.0733. The Bertz CT molecular complexity index is 1100. The number of thiophene rings is 1. The average Bonchev–Trinajstić information content (AvgIpc) is 3.25. The van der Waals surface area contributed by atoms with Crippen LogP contribution in [0, 0.1) is 0 Å². The van der Waals surface area contributed by atoms with Gasteiger partial charge >= 0.3 is 5.97 Å². The fourth-order valence-corrected chi connectivity index (χ4v) is 6.87. The SMILES string of the molecule is O=C(COC(=O)c1cc2c(s1)CCC2)Nc1cc(S(=O)(=O)N2CCCCCC2)ccc1Cl. The van der Waals surface area contributed by atoms with Crippen molar-refractivity contribution < 1.29 is 22.7 Å². The Balaban J connectivity index is 1.39. The van der Waals surface area contributed by atoms with E-state index in [2.05, 4.69) is 5.32 Å². The predicted octanol–water partition coefficient (Wildman–Crippen LogP) is 4.25. The molecule has 10 heteroatoms. The van der Waals surface area contributed by atoms with Gasteiger partial charge < -0.3 is 10.1 Å². The number of hydrogen-bond donors (Lipinski definition) is 1. The number of fused-ring (bicyclic) bond motifs is 1. The van der Waals surface area contributed by atoms with Crippen molar-refractivity contribution in [1.82, 2.24) is 4.31 Å². The van der Waals surface area contributed by atoms with Gasteiger partial charge in [0.15, 0.2) is 6.61 Å². The molecule has 1 aromatic carbocycles. The molecule has 2 heterocycles. The lowest BCUT2D eigenvalue weighted by Gasteiger charge is -2.20. The van der Waals surface area contributed by atoms with Crippen molar-refractivity contribution in [2.24, 2.45) is 0 Å². The quantitative estimate of drug-likeness (QED) is 0.603. The van der Waals surface area contributed by atoms with Gasteiger partial charge in [-0.1, -0.05) is 24.4 Å². The van der Waals surface area contributed by atoms with Crippen molar-refractivity contribution in [1.29, 1.82) is 0 Å². The average molecular weight is 497 g/mol. The number of carbonyl (C=O) groups is 2. The summed E-state index contributed by atoms with van der Waals surface area (Å²) >= 11 is 7.58. The molecule has 1 N–H and O–H groups in total. The van der Waals surface area contributed by atoms with Gasteiger partial charge in [-0.25, -0.2) is 13.2 Å². The van der Waals surface area contributed by atoms with Crippen LogP contribution in [0.2, 0.25) is 5.02 Å². The van der Waals surface area contributed by atoms with E-state index in [4.69, 9.17) is 16.3 Å². The molecule has 0 saturated carbocycles. The molecule has 0 spiro atoms. The highest BCUT2D eigenvalue weighted by Crippen LogP contribution is 2.31. The molecule has 0 atom stereocenters. The van der Waals surface area contributed by atoms with E-state index in [1.807, 2.05) is 6.07 Å². The maximum Gasteiger partial charge on any atom is 0.348 e. The molecule has 1 fully saturated rings. The second-order valence-corrected chi connectivity index (χ2v) is 11.5. The molecule has 1 aliphatic heterocycles. The highest BCUT2D eigenvalue weighted by Gasteiger charge is 2.26. The van der Waals surface area contributed by atoms with Gasteiger partial charge in [0.2, 0.25) is 10.0 Å². The van der Waals surface area contributed by atoms with Crippen LogP contribution in [-0.4, -0.2) is 44.3 Å². The number of amides is 1. The topological polar surface area (TPSA) is 92.8 Å². The second-order valence-electron chi connectivity index (χ2n) is 8.00. The van der Waals surface area contributed by atoms with E-state index in [0.717, 1.165) is 44.9 Å². The Morgan fingerprint density at radius 3 is 2.53 bits per heavy atom. The standard InChI is InChI=1S/C22H25ClN2O5S2/c23-17-9-8-16(32(28,29)25-10-3-1-2-4-11-25)13-18(17)24-21(26)14-30-22(27)20-12-15-6-5-7-19(15)31-20/h8-9,12-13H,1-7,10-11,14H2,(H,24,26). The van der Waals surface area contributed by atoms with Crippen LogP contribution in [0.1, 0.15) is 52.2 Å². The van der Waals surface area contributed by atoms with Gasteiger partial charge in [-0.15, -0.1) is 11.3 Å². The Hall–Kier alpha value is -1.94. The zero-order valence-electron chi connectivity index (χ0n) is 17.6. The number of sulfonamides is 1. The highest BCUT2D eigenvalue weighted by molar-refractivity contribution is 7.89. The number of halogens is 1. The number of hydrogen-bond acceptors (Lipinski definition) is 6. The monoisotopic (exact) mass is 496 g/mol. The lowest BCUT2D eigenvalue weighted by Crippen LogP contribution is -2.32. The number of rotatable bonds is 6. The van der Waals surface area contributed by atoms with Gasteiger partial charge in [0.05, 0.1) is 15.6 Å². The van der Waals surface area contributed by atoms with Crippen LogP contribution in [-0.2, 0) is 32.4 Å². The first kappa shape index (κ1) is 23.2. The minimum Gasteiger partial charge on any atom is -0.451 e. The van der Waals surface area contributed by atoms with Crippen LogP contribution < -0.4 is 5.32 Å². The van der Waals surface area contributed by atoms with Gasteiger partial charge in [0.25, 0.3) is 5.91 Å². The summed E-state index contributed by atoms with van der Waals surface area (Å²) in [6, 6.07) is 6.07. The number of carbonyl (C=O) groups excluding carboxylic acids is 2. The van der Waals surface area contributed by atoms with E-state index in [0.29, 0.717) is 18.0 Å². The normalized spacial score (nSPS) is 16.9. The maximum atomic E-state index is 13.0. The molecule has 0 radical (unpaired) electrons. The van der Waals surface area contributed by atoms with Gasteiger partial charge in [0.1, 0.15) is 4.88 Å². The summed E-state index contributed by atoms with van der Waals surface area (Å²) in [6.45, 7) is 0.477. The number of nitrogens with one attached hydrogen (secondary N) is 1. The first-order valence-electron chi connectivity index (χ1n) is 10.7. The Morgan fingerprint density at radius 2 is 1.81 bits per heavy atom. The van der Waals surface area contributed by atoms with Crippen LogP contribution >= 0.6 is 22.9 Å². The van der Waals surface area contributed by atoms with Crippen molar-refractivity contribution in [3.8, 4) is 0 Å². The van der Waals surface area contributed by atoms with Crippen molar-refractivity contribution >= 4 is 50.5 Å². The third-order valence-electron chi connectivity index (χ3n) is 5.70. The van der Waals surface area contributed by atoms with Crippen LogP contribution in [0.4, 0.5) is 5.69 Å². The summed E-state index contributed by atoms with van der Waals surface area (Å²) < 4.78 is 32.7. The molecule has 1 aliphatic carbocycles.